The Balaban J connectivity index is 1.64. The highest BCUT2D eigenvalue weighted by Crippen LogP contribution is 2.40. The van der Waals surface area contributed by atoms with Crippen LogP contribution in [0.25, 0.3) is 11.1 Å². The molecule has 0 atom stereocenters. The number of hydrogen-bond donors (Lipinski definition) is 3. The zero-order valence-electron chi connectivity index (χ0n) is 19.6. The molecule has 0 unspecified atom stereocenters. The van der Waals surface area contributed by atoms with Gasteiger partial charge in [-0.2, -0.15) is 0 Å². The van der Waals surface area contributed by atoms with E-state index in [4.69, 9.17) is 14.7 Å². The van der Waals surface area contributed by atoms with Crippen LogP contribution in [0.15, 0.2) is 105 Å². The van der Waals surface area contributed by atoms with Gasteiger partial charge in [-0.3, -0.25) is 4.79 Å². The topological polar surface area (TPSA) is 117 Å². The Kier molecular flexibility index (Phi) is 8.77. The van der Waals surface area contributed by atoms with Crippen molar-refractivity contribution in [2.45, 2.75) is 0 Å². The lowest BCUT2D eigenvalue weighted by Crippen LogP contribution is -2.24. The fourth-order valence-electron chi connectivity index (χ4n) is 3.43. The zero-order valence-corrected chi connectivity index (χ0v) is 22.8. The second-order valence-electron chi connectivity index (χ2n) is 7.84. The predicted octanol–water partition coefficient (Wildman–Crippen LogP) is 6.82. The van der Waals surface area contributed by atoms with Gasteiger partial charge in [0.25, 0.3) is 5.91 Å². The van der Waals surface area contributed by atoms with Crippen LogP contribution in [0.1, 0.15) is 5.56 Å². The largest absolute Gasteiger partial charge is 0.507 e. The van der Waals surface area contributed by atoms with E-state index in [-0.39, 0.29) is 11.5 Å². The van der Waals surface area contributed by atoms with Crippen LogP contribution in [0.4, 0.5) is 5.69 Å². The number of amides is 1. The molecule has 4 rings (SSSR count). The summed E-state index contributed by atoms with van der Waals surface area (Å²) in [5, 5.41) is 25.8. The number of carbonyl (C=O) groups excluding carboxylic acids is 1. The number of halogens is 2. The normalized spacial score (nSPS) is 11.1. The molecule has 4 aromatic carbocycles. The number of para-hydroxylation sites is 1. The molecule has 0 radical (unpaired) electrons. The third-order valence-corrected chi connectivity index (χ3v) is 6.31. The number of aliphatic carboxylic acids is 1. The van der Waals surface area contributed by atoms with Gasteiger partial charge in [0, 0.05) is 16.8 Å². The van der Waals surface area contributed by atoms with E-state index in [2.05, 4.69) is 42.3 Å². The minimum absolute atomic E-state index is 0.115. The summed E-state index contributed by atoms with van der Waals surface area (Å²) in [6.07, 6.45) is 0. The molecule has 4 aromatic rings. The van der Waals surface area contributed by atoms with E-state index in [0.29, 0.717) is 37.3 Å². The molecule has 0 aliphatic heterocycles. The van der Waals surface area contributed by atoms with Crippen molar-refractivity contribution in [2.75, 3.05) is 11.9 Å². The molecular formula is C28H20Br2N2O6. The third kappa shape index (κ3) is 6.78. The molecule has 0 saturated carbocycles. The Morgan fingerprint density at radius 2 is 1.50 bits per heavy atom. The summed E-state index contributed by atoms with van der Waals surface area (Å²) in [6, 6.07) is 26.3. The predicted molar refractivity (Wildman–Crippen MR) is 151 cm³/mol. The van der Waals surface area contributed by atoms with Crippen LogP contribution < -0.4 is 10.1 Å². The summed E-state index contributed by atoms with van der Waals surface area (Å²) in [6.45, 7) is -0.712. The molecule has 0 spiro atoms. The van der Waals surface area contributed by atoms with Crippen molar-refractivity contribution >= 4 is 55.1 Å². The number of aromatic hydroxyl groups is 1. The number of carbonyl (C=O) groups is 2. The Morgan fingerprint density at radius 1 is 0.868 bits per heavy atom. The first-order valence-corrected chi connectivity index (χ1v) is 12.7. The van der Waals surface area contributed by atoms with E-state index < -0.39 is 18.5 Å². The first-order chi connectivity index (χ1) is 18.3. The number of ether oxygens (including phenoxy) is 1. The molecule has 0 aromatic heterocycles. The van der Waals surface area contributed by atoms with E-state index in [1.165, 1.54) is 0 Å². The van der Waals surface area contributed by atoms with Crippen LogP contribution >= 0.6 is 31.9 Å². The summed E-state index contributed by atoms with van der Waals surface area (Å²) < 4.78 is 7.07. The molecule has 0 heterocycles. The van der Waals surface area contributed by atoms with Gasteiger partial charge in [0.05, 0.1) is 8.95 Å². The van der Waals surface area contributed by atoms with Gasteiger partial charge in [0.2, 0.25) is 6.61 Å². The number of carboxylic acid groups (broad SMARTS) is 1. The smallest absolute Gasteiger partial charge is 0.344 e. The maximum absolute atomic E-state index is 13.0. The number of hydrogen-bond acceptors (Lipinski definition) is 6. The standard InChI is InChI=1S/C28H20Br2N2O6/c29-22-13-18(26(32-37-16-25(34)35)28(36)31-19-9-5-2-6-10-19)14-23(30)27(22)38-20-11-12-24(33)21(15-20)17-7-3-1-4-8-17/h1-15,33H,16H2,(H,31,36)(H,34,35)/b32-26+. The number of nitrogens with zero attached hydrogens (tertiary/aromatic N) is 1. The second-order valence-corrected chi connectivity index (χ2v) is 9.55. The summed E-state index contributed by atoms with van der Waals surface area (Å²) >= 11 is 6.97. The van der Waals surface area contributed by atoms with Gasteiger partial charge in [-0.05, 0) is 79.9 Å². The third-order valence-electron chi connectivity index (χ3n) is 5.14. The number of phenolic OH excluding ortho intramolecular Hbond substituents is 1. The average Bonchev–Trinajstić information content (AvgIpc) is 2.90. The fraction of sp³-hybridized carbons (Fsp3) is 0.0357. The minimum atomic E-state index is -1.23. The number of nitrogens with one attached hydrogen (secondary N) is 1. The number of oxime groups is 1. The van der Waals surface area contributed by atoms with Gasteiger partial charge in [0.15, 0.2) is 11.5 Å². The van der Waals surface area contributed by atoms with E-state index in [1.807, 2.05) is 36.4 Å². The van der Waals surface area contributed by atoms with Gasteiger partial charge >= 0.3 is 5.97 Å². The van der Waals surface area contributed by atoms with Crippen LogP contribution in [0.2, 0.25) is 0 Å². The van der Waals surface area contributed by atoms with Gasteiger partial charge < -0.3 is 25.1 Å². The highest BCUT2D eigenvalue weighted by molar-refractivity contribution is 9.11. The van der Waals surface area contributed by atoms with Crippen molar-refractivity contribution in [2.24, 2.45) is 5.16 Å². The highest BCUT2D eigenvalue weighted by Gasteiger charge is 2.20. The number of rotatable bonds is 9. The van der Waals surface area contributed by atoms with Crippen molar-refractivity contribution in [1.82, 2.24) is 0 Å². The first-order valence-electron chi connectivity index (χ1n) is 11.2. The monoisotopic (exact) mass is 638 g/mol. The Hall–Kier alpha value is -4.15. The van der Waals surface area contributed by atoms with Crippen molar-refractivity contribution in [3.05, 3.63) is 106 Å². The Morgan fingerprint density at radius 3 is 2.13 bits per heavy atom. The lowest BCUT2D eigenvalue weighted by molar-refractivity contribution is -0.142. The summed E-state index contributed by atoms with van der Waals surface area (Å²) in [5.41, 5.74) is 2.16. The van der Waals surface area contributed by atoms with Crippen LogP contribution in [-0.2, 0) is 14.4 Å². The summed E-state index contributed by atoms with van der Waals surface area (Å²) in [4.78, 5) is 28.8. The van der Waals surface area contributed by atoms with E-state index >= 15 is 0 Å². The lowest BCUT2D eigenvalue weighted by atomic mass is 10.0. The van der Waals surface area contributed by atoms with Crippen LogP contribution in [0.3, 0.4) is 0 Å². The number of anilines is 1. The van der Waals surface area contributed by atoms with Gasteiger partial charge in [-0.25, -0.2) is 4.79 Å². The number of phenols is 1. The first kappa shape index (κ1) is 26.9. The van der Waals surface area contributed by atoms with Crippen LogP contribution in [0.5, 0.6) is 17.2 Å². The van der Waals surface area contributed by atoms with Gasteiger partial charge in [0.1, 0.15) is 11.5 Å². The molecule has 10 heteroatoms. The van der Waals surface area contributed by atoms with Crippen molar-refractivity contribution in [3.8, 4) is 28.4 Å². The van der Waals surface area contributed by atoms with E-state index in [0.717, 1.165) is 5.56 Å². The number of carboxylic acids is 1. The molecule has 38 heavy (non-hydrogen) atoms. The Bertz CT molecular complexity index is 1470. The highest BCUT2D eigenvalue weighted by atomic mass is 79.9. The lowest BCUT2D eigenvalue weighted by Gasteiger charge is -2.14. The van der Waals surface area contributed by atoms with Crippen molar-refractivity contribution in [3.63, 3.8) is 0 Å². The average molecular weight is 640 g/mol. The van der Waals surface area contributed by atoms with Gasteiger partial charge in [-0.1, -0.05) is 53.7 Å². The minimum Gasteiger partial charge on any atom is -0.507 e. The molecule has 0 bridgehead atoms. The molecule has 1 amide bonds. The maximum atomic E-state index is 13.0. The molecular weight excluding hydrogens is 620 g/mol. The molecule has 192 valence electrons. The fourth-order valence-corrected chi connectivity index (χ4v) is 4.78. The molecule has 3 N–H and O–H groups in total. The van der Waals surface area contributed by atoms with E-state index in [1.54, 1.807) is 54.6 Å². The molecule has 0 aliphatic rings. The quantitative estimate of drug-likeness (QED) is 0.137. The molecule has 0 aliphatic carbocycles. The van der Waals surface area contributed by atoms with Gasteiger partial charge in [-0.15, -0.1) is 0 Å². The van der Waals surface area contributed by atoms with Crippen LogP contribution in [0, 0.1) is 0 Å². The van der Waals surface area contributed by atoms with Crippen molar-refractivity contribution < 1.29 is 29.4 Å². The maximum Gasteiger partial charge on any atom is 0.344 e. The zero-order chi connectivity index (χ0) is 27.1. The summed E-state index contributed by atoms with van der Waals surface area (Å²) in [5.74, 6) is -0.834. The second kappa shape index (κ2) is 12.4. The molecule has 0 saturated heterocycles. The SMILES string of the molecule is O=C(O)CO/N=C(/C(=O)Nc1ccccc1)c1cc(Br)c(Oc2ccc(O)c(-c3ccccc3)c2)c(Br)c1. The summed E-state index contributed by atoms with van der Waals surface area (Å²) in [7, 11) is 0. The van der Waals surface area contributed by atoms with Crippen molar-refractivity contribution in [1.29, 1.82) is 0 Å². The van der Waals surface area contributed by atoms with Crippen LogP contribution in [-0.4, -0.2) is 34.4 Å². The Labute approximate surface area is 234 Å². The molecule has 0 fully saturated rings. The number of benzene rings is 4. The van der Waals surface area contributed by atoms with E-state index in [9.17, 15) is 14.7 Å². The molecule has 8 nitrogen and oxygen atoms in total.